The van der Waals surface area contributed by atoms with Crippen molar-refractivity contribution >= 4 is 45.4 Å². The average molecular weight is 610 g/mol. The van der Waals surface area contributed by atoms with Crippen molar-refractivity contribution in [3.8, 4) is 5.75 Å². The highest BCUT2D eigenvalue weighted by Crippen LogP contribution is 2.48. The molecule has 3 aliphatic rings. The van der Waals surface area contributed by atoms with Gasteiger partial charge in [0.05, 0.1) is 21.9 Å². The molecule has 206 valence electrons. The van der Waals surface area contributed by atoms with Gasteiger partial charge in [0.25, 0.3) is 0 Å². The number of aromatic carboxylic acids is 1. The average Bonchev–Trinajstić information content (AvgIpc) is 2.91. The number of carboxylic acids is 3. The van der Waals surface area contributed by atoms with E-state index in [1.807, 2.05) is 0 Å². The van der Waals surface area contributed by atoms with E-state index in [4.69, 9.17) is 9.84 Å². The smallest absolute Gasteiger partial charge is 0.335 e. The first-order valence-electron chi connectivity index (χ1n) is 12.5. The van der Waals surface area contributed by atoms with E-state index in [2.05, 4.69) is 21.2 Å². The summed E-state index contributed by atoms with van der Waals surface area (Å²) >= 11 is 3.51. The molecule has 2 atom stereocenters. The summed E-state index contributed by atoms with van der Waals surface area (Å²) in [5.41, 5.74) is 3.01. The number of hydrogen-bond donors (Lipinski definition) is 4. The van der Waals surface area contributed by atoms with E-state index >= 15 is 0 Å². The zero-order valence-corrected chi connectivity index (χ0v) is 22.6. The summed E-state index contributed by atoms with van der Waals surface area (Å²) in [6, 6.07) is 11.4. The molecule has 0 saturated carbocycles. The van der Waals surface area contributed by atoms with Crippen LogP contribution < -0.4 is 10.1 Å². The summed E-state index contributed by atoms with van der Waals surface area (Å²) in [4.78, 5) is 61.1. The highest BCUT2D eigenvalue weighted by molar-refractivity contribution is 9.10. The van der Waals surface area contributed by atoms with E-state index in [1.54, 1.807) is 30.3 Å². The maximum absolute atomic E-state index is 13.3. The Morgan fingerprint density at radius 3 is 1.85 bits per heavy atom. The minimum absolute atomic E-state index is 0.0681. The topological polar surface area (TPSA) is 167 Å². The molecule has 11 heteroatoms. The molecule has 40 heavy (non-hydrogen) atoms. The van der Waals surface area contributed by atoms with Crippen molar-refractivity contribution in [2.75, 3.05) is 0 Å². The van der Waals surface area contributed by atoms with E-state index in [1.165, 1.54) is 12.1 Å². The van der Waals surface area contributed by atoms with Crippen molar-refractivity contribution in [2.24, 2.45) is 11.8 Å². The standard InChI is InChI=1S/C29H24BrNO9/c30-18-7-15(5-6-23(18)40-12-13-1-3-14(4-2-13)27(34)35)24-25-19(8-16(28(36)37)10-21(25)32)31-20-9-17(29(38)39)11-22(33)26(20)24/h1-7,16-17,24,31H,8-12H2,(H,34,35)(H,36,37)(H,38,39). The van der Waals surface area contributed by atoms with Crippen molar-refractivity contribution in [1.82, 2.24) is 5.32 Å². The van der Waals surface area contributed by atoms with Gasteiger partial charge in [-0.1, -0.05) is 18.2 Å². The number of nitrogens with one attached hydrogen (secondary N) is 1. The lowest BCUT2D eigenvalue weighted by Crippen LogP contribution is -2.41. The Morgan fingerprint density at radius 2 is 1.38 bits per heavy atom. The van der Waals surface area contributed by atoms with Crippen LogP contribution >= 0.6 is 15.9 Å². The Hall–Kier alpha value is -4.25. The molecule has 2 unspecified atom stereocenters. The van der Waals surface area contributed by atoms with Crippen molar-refractivity contribution < 1.29 is 44.0 Å². The Balaban J connectivity index is 1.48. The molecular formula is C29H24BrNO9. The van der Waals surface area contributed by atoms with Gasteiger partial charge in [0.2, 0.25) is 0 Å². The number of rotatable bonds is 7. The molecule has 1 heterocycles. The van der Waals surface area contributed by atoms with Crippen LogP contribution in [0.3, 0.4) is 0 Å². The second-order valence-electron chi connectivity index (χ2n) is 10.1. The number of aliphatic carboxylic acids is 2. The maximum Gasteiger partial charge on any atom is 0.335 e. The normalized spacial score (nSPS) is 22.3. The minimum Gasteiger partial charge on any atom is -0.488 e. The molecule has 0 fully saturated rings. The van der Waals surface area contributed by atoms with Gasteiger partial charge in [-0.2, -0.15) is 0 Å². The van der Waals surface area contributed by atoms with Crippen molar-refractivity contribution in [3.05, 3.63) is 86.2 Å². The molecule has 4 N–H and O–H groups in total. The highest BCUT2D eigenvalue weighted by atomic mass is 79.9. The number of carboxylic acid groups (broad SMARTS) is 3. The monoisotopic (exact) mass is 609 g/mol. The second kappa shape index (κ2) is 10.7. The molecule has 0 amide bonds. The Morgan fingerprint density at radius 1 is 0.825 bits per heavy atom. The lowest BCUT2D eigenvalue weighted by Gasteiger charge is -2.39. The molecular weight excluding hydrogens is 586 g/mol. The molecule has 0 radical (unpaired) electrons. The fourth-order valence-electron chi connectivity index (χ4n) is 5.50. The first-order chi connectivity index (χ1) is 19.0. The predicted molar refractivity (Wildman–Crippen MR) is 143 cm³/mol. The quantitative estimate of drug-likeness (QED) is 0.359. The Kier molecular flexibility index (Phi) is 7.33. The van der Waals surface area contributed by atoms with Gasteiger partial charge >= 0.3 is 17.9 Å². The van der Waals surface area contributed by atoms with Crippen LogP contribution in [-0.4, -0.2) is 44.8 Å². The predicted octanol–water partition coefficient (Wildman–Crippen LogP) is 4.05. The fourth-order valence-corrected chi connectivity index (χ4v) is 6.01. The van der Waals surface area contributed by atoms with Gasteiger partial charge in [-0.15, -0.1) is 0 Å². The number of Topliss-reactive ketones (excluding diaryl/α,β-unsaturated/α-hetero) is 2. The molecule has 5 rings (SSSR count). The van der Waals surface area contributed by atoms with Crippen LogP contribution in [0.1, 0.15) is 53.1 Å². The highest BCUT2D eigenvalue weighted by Gasteiger charge is 2.45. The van der Waals surface area contributed by atoms with Gasteiger partial charge in [0.1, 0.15) is 12.4 Å². The summed E-state index contributed by atoms with van der Waals surface area (Å²) in [7, 11) is 0. The lowest BCUT2D eigenvalue weighted by atomic mass is 9.69. The van der Waals surface area contributed by atoms with Crippen LogP contribution in [0.5, 0.6) is 5.75 Å². The molecule has 2 aliphatic carbocycles. The number of ketones is 2. The van der Waals surface area contributed by atoms with Gasteiger partial charge in [0.15, 0.2) is 11.6 Å². The number of carbonyl (C=O) groups is 5. The summed E-state index contributed by atoms with van der Waals surface area (Å²) in [6.45, 7) is 0.167. The molecule has 0 saturated heterocycles. The zero-order valence-electron chi connectivity index (χ0n) is 21.0. The molecule has 2 aromatic rings. The number of benzene rings is 2. The van der Waals surface area contributed by atoms with E-state index in [0.717, 1.165) is 5.56 Å². The van der Waals surface area contributed by atoms with Gasteiger partial charge in [-0.25, -0.2) is 4.79 Å². The number of allylic oxidation sites excluding steroid dienone is 4. The van der Waals surface area contributed by atoms with E-state index < -0.39 is 35.7 Å². The Bertz CT molecular complexity index is 1460. The summed E-state index contributed by atoms with van der Waals surface area (Å²) < 4.78 is 6.46. The number of dihydropyridines is 1. The van der Waals surface area contributed by atoms with Crippen molar-refractivity contribution in [3.63, 3.8) is 0 Å². The van der Waals surface area contributed by atoms with Crippen LogP contribution in [-0.2, 0) is 25.8 Å². The molecule has 1 aliphatic heterocycles. The van der Waals surface area contributed by atoms with Gasteiger partial charge in [-0.3, -0.25) is 19.2 Å². The fraction of sp³-hybridized carbons (Fsp3) is 0.276. The first-order valence-corrected chi connectivity index (χ1v) is 13.3. The van der Waals surface area contributed by atoms with Crippen LogP contribution in [0.4, 0.5) is 0 Å². The van der Waals surface area contributed by atoms with Crippen LogP contribution in [0.2, 0.25) is 0 Å². The van der Waals surface area contributed by atoms with Crippen molar-refractivity contribution in [1.29, 1.82) is 0 Å². The van der Waals surface area contributed by atoms with Crippen LogP contribution in [0.15, 0.2) is 69.5 Å². The Labute approximate surface area is 236 Å². The first kappa shape index (κ1) is 27.3. The third-order valence-electron chi connectivity index (χ3n) is 7.48. The zero-order chi connectivity index (χ0) is 28.7. The molecule has 10 nitrogen and oxygen atoms in total. The van der Waals surface area contributed by atoms with E-state index in [-0.39, 0.29) is 49.4 Å². The van der Waals surface area contributed by atoms with Gasteiger partial charge in [-0.05, 0) is 51.3 Å². The molecule has 2 aromatic carbocycles. The lowest BCUT2D eigenvalue weighted by molar-refractivity contribution is -0.144. The summed E-state index contributed by atoms with van der Waals surface area (Å²) in [5, 5.41) is 31.3. The summed E-state index contributed by atoms with van der Waals surface area (Å²) in [6.07, 6.45) is -0.245. The van der Waals surface area contributed by atoms with Crippen LogP contribution in [0, 0.1) is 11.8 Å². The van der Waals surface area contributed by atoms with E-state index in [0.29, 0.717) is 38.3 Å². The van der Waals surface area contributed by atoms with Crippen molar-refractivity contribution in [2.45, 2.75) is 38.2 Å². The number of hydrogen-bond acceptors (Lipinski definition) is 7. The molecule has 0 spiro atoms. The summed E-state index contributed by atoms with van der Waals surface area (Å²) in [5.74, 6) is -6.07. The van der Waals surface area contributed by atoms with Gasteiger partial charge < -0.3 is 25.4 Å². The number of halogens is 1. The van der Waals surface area contributed by atoms with Crippen LogP contribution in [0.25, 0.3) is 0 Å². The van der Waals surface area contributed by atoms with Gasteiger partial charge in [0, 0.05) is 54.1 Å². The SMILES string of the molecule is O=C1CC(C(=O)O)CC2=C1C(c1ccc(OCc3ccc(C(=O)O)cc3)c(Br)c1)C1=C(CC(C(=O)O)CC1=O)N2. The molecule has 0 aromatic heterocycles. The third-order valence-corrected chi connectivity index (χ3v) is 8.10. The maximum atomic E-state index is 13.3. The largest absolute Gasteiger partial charge is 0.488 e. The second-order valence-corrected chi connectivity index (χ2v) is 10.9. The number of ether oxygens (including phenoxy) is 1. The molecule has 0 bridgehead atoms. The minimum atomic E-state index is -1.09. The number of carbonyl (C=O) groups excluding carboxylic acids is 2. The van der Waals surface area contributed by atoms with E-state index in [9.17, 15) is 34.2 Å². The third kappa shape index (κ3) is 5.16.